The Labute approximate surface area is 115 Å². The summed E-state index contributed by atoms with van der Waals surface area (Å²) in [7, 11) is 1.77. The van der Waals surface area contributed by atoms with Crippen molar-refractivity contribution in [2.45, 2.75) is 70.4 Å². The van der Waals surface area contributed by atoms with Gasteiger partial charge in [0.25, 0.3) is 0 Å². The fourth-order valence-corrected chi connectivity index (χ4v) is 2.61. The number of aliphatic carboxylic acids is 1. The minimum Gasteiger partial charge on any atom is -0.480 e. The highest BCUT2D eigenvalue weighted by molar-refractivity contribution is 5.82. The normalized spacial score (nSPS) is 18.4. The third-order valence-electron chi connectivity index (χ3n) is 3.87. The van der Waals surface area contributed by atoms with E-state index in [1.165, 1.54) is 12.8 Å². The van der Waals surface area contributed by atoms with E-state index in [9.17, 15) is 9.59 Å². The molecule has 5 heteroatoms. The average Bonchev–Trinajstić information content (AvgIpc) is 2.65. The second kappa shape index (κ2) is 8.02. The Hall–Kier alpha value is -1.26. The third kappa shape index (κ3) is 5.09. The topological polar surface area (TPSA) is 69.6 Å². The van der Waals surface area contributed by atoms with Crippen LogP contribution in [0.25, 0.3) is 0 Å². The Morgan fingerprint density at radius 2 is 1.84 bits per heavy atom. The van der Waals surface area contributed by atoms with Gasteiger partial charge in [-0.3, -0.25) is 0 Å². The molecule has 0 bridgehead atoms. The van der Waals surface area contributed by atoms with E-state index in [1.807, 2.05) is 6.92 Å². The maximum atomic E-state index is 12.1. The zero-order chi connectivity index (χ0) is 14.3. The zero-order valence-corrected chi connectivity index (χ0v) is 12.0. The van der Waals surface area contributed by atoms with E-state index < -0.39 is 12.0 Å². The van der Waals surface area contributed by atoms with Crippen LogP contribution in [-0.2, 0) is 4.79 Å². The van der Waals surface area contributed by atoms with Crippen LogP contribution < -0.4 is 5.32 Å². The quantitative estimate of drug-likeness (QED) is 0.754. The highest BCUT2D eigenvalue weighted by atomic mass is 16.4. The van der Waals surface area contributed by atoms with E-state index in [1.54, 1.807) is 11.9 Å². The maximum Gasteiger partial charge on any atom is 0.326 e. The fourth-order valence-electron chi connectivity index (χ4n) is 2.61. The van der Waals surface area contributed by atoms with Gasteiger partial charge in [0.2, 0.25) is 0 Å². The standard InChI is InChI=1S/C14H26N2O3/c1-3-8-12(13(17)18)15-14(19)16(2)11-9-6-4-5-7-10-11/h11-12H,3-10H2,1-2H3,(H,15,19)(H,17,18). The number of nitrogens with zero attached hydrogens (tertiary/aromatic N) is 1. The summed E-state index contributed by atoms with van der Waals surface area (Å²) in [6.45, 7) is 1.91. The van der Waals surface area contributed by atoms with Crippen LogP contribution in [0.1, 0.15) is 58.3 Å². The van der Waals surface area contributed by atoms with Gasteiger partial charge in [0.1, 0.15) is 6.04 Å². The number of carbonyl (C=O) groups excluding carboxylic acids is 1. The number of amides is 2. The predicted molar refractivity (Wildman–Crippen MR) is 74.1 cm³/mol. The number of hydrogen-bond acceptors (Lipinski definition) is 2. The molecule has 1 saturated carbocycles. The molecule has 2 N–H and O–H groups in total. The van der Waals surface area contributed by atoms with E-state index in [-0.39, 0.29) is 12.1 Å². The molecule has 0 aromatic carbocycles. The van der Waals surface area contributed by atoms with Gasteiger partial charge in [-0.1, -0.05) is 39.0 Å². The first-order valence-electron chi connectivity index (χ1n) is 7.32. The molecule has 1 atom stereocenters. The van der Waals surface area contributed by atoms with Crippen LogP contribution in [0, 0.1) is 0 Å². The molecule has 0 aromatic rings. The van der Waals surface area contributed by atoms with Crippen LogP contribution >= 0.6 is 0 Å². The van der Waals surface area contributed by atoms with Gasteiger partial charge in [0, 0.05) is 13.1 Å². The molecule has 2 amide bonds. The van der Waals surface area contributed by atoms with E-state index in [0.29, 0.717) is 6.42 Å². The molecule has 19 heavy (non-hydrogen) atoms. The van der Waals surface area contributed by atoms with Crippen LogP contribution in [0.4, 0.5) is 4.79 Å². The first-order valence-corrected chi connectivity index (χ1v) is 7.32. The molecule has 1 aliphatic rings. The number of carbonyl (C=O) groups is 2. The second-order valence-electron chi connectivity index (χ2n) is 5.39. The molecule has 5 nitrogen and oxygen atoms in total. The Balaban J connectivity index is 2.52. The average molecular weight is 270 g/mol. The Kier molecular flexibility index (Phi) is 6.67. The molecule has 0 spiro atoms. The van der Waals surface area contributed by atoms with Crippen LogP contribution in [0.3, 0.4) is 0 Å². The lowest BCUT2D eigenvalue weighted by Crippen LogP contribution is -2.49. The Bertz CT molecular complexity index is 299. The van der Waals surface area contributed by atoms with Crippen molar-refractivity contribution in [3.8, 4) is 0 Å². The lowest BCUT2D eigenvalue weighted by Gasteiger charge is -2.28. The van der Waals surface area contributed by atoms with Crippen LogP contribution in [-0.4, -0.2) is 41.1 Å². The lowest BCUT2D eigenvalue weighted by molar-refractivity contribution is -0.139. The summed E-state index contributed by atoms with van der Waals surface area (Å²) in [5, 5.41) is 11.7. The summed E-state index contributed by atoms with van der Waals surface area (Å²) in [5.74, 6) is -0.954. The van der Waals surface area contributed by atoms with Crippen LogP contribution in [0.15, 0.2) is 0 Å². The van der Waals surface area contributed by atoms with Gasteiger partial charge in [-0.05, 0) is 19.3 Å². The molecule has 1 unspecified atom stereocenters. The molecule has 0 heterocycles. The molecule has 110 valence electrons. The highest BCUT2D eigenvalue weighted by Gasteiger charge is 2.25. The number of hydrogen-bond donors (Lipinski definition) is 2. The summed E-state index contributed by atoms with van der Waals surface area (Å²) in [4.78, 5) is 24.8. The van der Waals surface area contributed by atoms with Crippen molar-refractivity contribution >= 4 is 12.0 Å². The first kappa shape index (κ1) is 15.8. The molecule has 0 saturated heterocycles. The molecular formula is C14H26N2O3. The zero-order valence-electron chi connectivity index (χ0n) is 12.0. The number of carboxylic acids is 1. The number of nitrogens with one attached hydrogen (secondary N) is 1. The lowest BCUT2D eigenvalue weighted by atomic mass is 10.1. The number of carboxylic acid groups (broad SMARTS) is 1. The van der Waals surface area contributed by atoms with Crippen molar-refractivity contribution in [1.82, 2.24) is 10.2 Å². The van der Waals surface area contributed by atoms with Crippen molar-refractivity contribution in [2.75, 3.05) is 7.05 Å². The van der Waals surface area contributed by atoms with Crippen LogP contribution in [0.2, 0.25) is 0 Å². The van der Waals surface area contributed by atoms with Crippen molar-refractivity contribution in [3.63, 3.8) is 0 Å². The molecule has 1 rings (SSSR count). The number of rotatable bonds is 5. The molecule has 0 radical (unpaired) electrons. The monoisotopic (exact) mass is 270 g/mol. The molecule has 0 aliphatic heterocycles. The van der Waals surface area contributed by atoms with E-state index >= 15 is 0 Å². The molecule has 1 aliphatic carbocycles. The van der Waals surface area contributed by atoms with E-state index in [4.69, 9.17) is 5.11 Å². The summed E-state index contributed by atoms with van der Waals surface area (Å²) < 4.78 is 0. The Morgan fingerprint density at radius 1 is 1.26 bits per heavy atom. The van der Waals surface area contributed by atoms with Gasteiger partial charge in [0.05, 0.1) is 0 Å². The van der Waals surface area contributed by atoms with E-state index in [0.717, 1.165) is 32.1 Å². The van der Waals surface area contributed by atoms with Crippen LogP contribution in [0.5, 0.6) is 0 Å². The summed E-state index contributed by atoms with van der Waals surface area (Å²) >= 11 is 0. The van der Waals surface area contributed by atoms with Crippen molar-refractivity contribution < 1.29 is 14.7 Å². The first-order chi connectivity index (χ1) is 9.06. The summed E-state index contributed by atoms with van der Waals surface area (Å²) in [6.07, 6.45) is 8.03. The minimum atomic E-state index is -0.954. The third-order valence-corrected chi connectivity index (χ3v) is 3.87. The highest BCUT2D eigenvalue weighted by Crippen LogP contribution is 2.21. The van der Waals surface area contributed by atoms with Crippen molar-refractivity contribution in [2.24, 2.45) is 0 Å². The largest absolute Gasteiger partial charge is 0.480 e. The molecule has 0 aromatic heterocycles. The van der Waals surface area contributed by atoms with Gasteiger partial charge in [-0.15, -0.1) is 0 Å². The summed E-state index contributed by atoms with van der Waals surface area (Å²) in [5.41, 5.74) is 0. The summed E-state index contributed by atoms with van der Waals surface area (Å²) in [6, 6.07) is -0.781. The van der Waals surface area contributed by atoms with Crippen molar-refractivity contribution in [3.05, 3.63) is 0 Å². The SMILES string of the molecule is CCCC(NC(=O)N(C)C1CCCCCC1)C(=O)O. The smallest absolute Gasteiger partial charge is 0.326 e. The van der Waals surface area contributed by atoms with Gasteiger partial charge in [0.15, 0.2) is 0 Å². The van der Waals surface area contributed by atoms with Gasteiger partial charge in [-0.2, -0.15) is 0 Å². The minimum absolute atomic E-state index is 0.249. The van der Waals surface area contributed by atoms with Gasteiger partial charge >= 0.3 is 12.0 Å². The van der Waals surface area contributed by atoms with Crippen molar-refractivity contribution in [1.29, 1.82) is 0 Å². The van der Waals surface area contributed by atoms with Gasteiger partial charge in [-0.25, -0.2) is 9.59 Å². The second-order valence-corrected chi connectivity index (χ2v) is 5.39. The fraction of sp³-hybridized carbons (Fsp3) is 0.857. The number of urea groups is 1. The Morgan fingerprint density at radius 3 is 2.32 bits per heavy atom. The molecule has 1 fully saturated rings. The van der Waals surface area contributed by atoms with Gasteiger partial charge < -0.3 is 15.3 Å². The predicted octanol–water partition coefficient (Wildman–Crippen LogP) is 2.60. The molecular weight excluding hydrogens is 244 g/mol. The maximum absolute atomic E-state index is 12.1. The van der Waals surface area contributed by atoms with E-state index in [2.05, 4.69) is 5.32 Å².